The van der Waals surface area contributed by atoms with E-state index in [1.807, 2.05) is 12.1 Å². The molecule has 2 aromatic rings. The fraction of sp³-hybridized carbons (Fsp3) is 0.615. The highest BCUT2D eigenvalue weighted by atomic mass is 32.1. The Morgan fingerprint density at radius 1 is 1.18 bits per heavy atom. The number of aromatic nitrogens is 1. The Morgan fingerprint density at radius 3 is 2.61 bits per heavy atom. The van der Waals surface area contributed by atoms with Crippen LogP contribution in [0.15, 0.2) is 23.6 Å². The summed E-state index contributed by atoms with van der Waals surface area (Å²) in [6, 6.07) is 6.53. The molecule has 2 aliphatic rings. The fourth-order valence-corrected chi connectivity index (χ4v) is 5.82. The number of pyridine rings is 1. The van der Waals surface area contributed by atoms with Gasteiger partial charge in [-0.05, 0) is 94.7 Å². The minimum atomic E-state index is 0.127. The van der Waals surface area contributed by atoms with Crippen LogP contribution in [-0.2, 0) is 4.74 Å². The number of amides is 1. The highest BCUT2D eigenvalue weighted by molar-refractivity contribution is 7.13. The third-order valence-electron chi connectivity index (χ3n) is 6.88. The maximum Gasteiger partial charge on any atom is 0.257 e. The van der Waals surface area contributed by atoms with Crippen LogP contribution in [0.25, 0.3) is 10.6 Å². The number of carbonyl (C=O) groups is 1. The topological polar surface area (TPSA) is 48.9 Å². The summed E-state index contributed by atoms with van der Waals surface area (Å²) < 4.78 is 5.30. The van der Waals surface area contributed by atoms with Gasteiger partial charge in [0.2, 0.25) is 0 Å². The molecule has 2 saturated heterocycles. The van der Waals surface area contributed by atoms with Gasteiger partial charge in [0.05, 0.1) is 16.1 Å². The Labute approximate surface area is 202 Å². The summed E-state index contributed by atoms with van der Waals surface area (Å²) in [5.74, 6) is 0.996. The molecule has 0 N–H and O–H groups in total. The number of methoxy groups -OCH3 is 1. The molecular weight excluding hydrogens is 432 g/mol. The van der Waals surface area contributed by atoms with E-state index in [1.165, 1.54) is 12.0 Å². The number of hydrogen-bond acceptors (Lipinski definition) is 6. The van der Waals surface area contributed by atoms with Gasteiger partial charge < -0.3 is 19.4 Å². The number of piperidine rings is 2. The molecule has 2 aliphatic heterocycles. The van der Waals surface area contributed by atoms with Crippen LogP contribution in [-0.4, -0.2) is 80.2 Å². The molecule has 33 heavy (non-hydrogen) atoms. The zero-order valence-electron chi connectivity index (χ0n) is 20.4. The van der Waals surface area contributed by atoms with Crippen LogP contribution in [0.4, 0.5) is 5.82 Å². The van der Waals surface area contributed by atoms with Crippen molar-refractivity contribution >= 4 is 23.1 Å². The first kappa shape index (κ1) is 24.2. The van der Waals surface area contributed by atoms with Crippen LogP contribution in [0.2, 0.25) is 0 Å². The average molecular weight is 471 g/mol. The summed E-state index contributed by atoms with van der Waals surface area (Å²) >= 11 is 1.72. The van der Waals surface area contributed by atoms with E-state index in [2.05, 4.69) is 40.1 Å². The van der Waals surface area contributed by atoms with Crippen molar-refractivity contribution in [1.29, 1.82) is 0 Å². The molecule has 0 aliphatic carbocycles. The lowest BCUT2D eigenvalue weighted by atomic mass is 10.0. The molecule has 0 bridgehead atoms. The lowest BCUT2D eigenvalue weighted by Crippen LogP contribution is -2.47. The van der Waals surface area contributed by atoms with Gasteiger partial charge in [-0.1, -0.05) is 0 Å². The predicted molar refractivity (Wildman–Crippen MR) is 136 cm³/mol. The number of thiophene rings is 1. The second-order valence-corrected chi connectivity index (χ2v) is 10.4. The zero-order valence-corrected chi connectivity index (χ0v) is 21.2. The van der Waals surface area contributed by atoms with Crippen LogP contribution >= 0.6 is 11.3 Å². The van der Waals surface area contributed by atoms with Crippen molar-refractivity contribution in [3.05, 3.63) is 34.7 Å². The number of rotatable bonds is 8. The SMILES string of the molecule is COCCCN(C(=O)c1ccc(-c2cc(C)cs2)nc1N1CCCCC1)C1CCN(C)CC1. The molecule has 2 aromatic heterocycles. The van der Waals surface area contributed by atoms with E-state index in [0.717, 1.165) is 86.8 Å². The first-order valence-electron chi connectivity index (χ1n) is 12.4. The molecule has 4 rings (SSSR count). The van der Waals surface area contributed by atoms with E-state index in [0.29, 0.717) is 6.61 Å². The summed E-state index contributed by atoms with van der Waals surface area (Å²) in [5, 5.41) is 2.16. The molecule has 6 nitrogen and oxygen atoms in total. The monoisotopic (exact) mass is 470 g/mol. The number of carbonyl (C=O) groups excluding carboxylic acids is 1. The molecule has 0 atom stereocenters. The molecular formula is C26H38N4O2S. The van der Waals surface area contributed by atoms with Crippen LogP contribution in [0.1, 0.15) is 54.4 Å². The van der Waals surface area contributed by atoms with Crippen molar-refractivity contribution in [3.8, 4) is 10.6 Å². The van der Waals surface area contributed by atoms with Crippen LogP contribution in [0, 0.1) is 6.92 Å². The van der Waals surface area contributed by atoms with Gasteiger partial charge in [-0.2, -0.15) is 0 Å². The number of aryl methyl sites for hydroxylation is 1. The summed E-state index contributed by atoms with van der Waals surface area (Å²) in [7, 11) is 3.89. The van der Waals surface area contributed by atoms with Crippen molar-refractivity contribution in [1.82, 2.24) is 14.8 Å². The average Bonchev–Trinajstić information content (AvgIpc) is 3.29. The number of likely N-dealkylation sites (tertiary alicyclic amines) is 1. The number of anilines is 1. The Kier molecular flexibility index (Phi) is 8.39. The van der Waals surface area contributed by atoms with Crippen molar-refractivity contribution in [2.45, 2.75) is 51.5 Å². The lowest BCUT2D eigenvalue weighted by molar-refractivity contribution is 0.0564. The zero-order chi connectivity index (χ0) is 23.2. The van der Waals surface area contributed by atoms with Gasteiger partial charge in [0, 0.05) is 39.4 Å². The van der Waals surface area contributed by atoms with E-state index in [1.54, 1.807) is 18.4 Å². The molecule has 0 saturated carbocycles. The molecule has 2 fully saturated rings. The van der Waals surface area contributed by atoms with Gasteiger partial charge >= 0.3 is 0 Å². The molecule has 4 heterocycles. The normalized spacial score (nSPS) is 18.0. The van der Waals surface area contributed by atoms with Crippen molar-refractivity contribution < 1.29 is 9.53 Å². The molecule has 0 spiro atoms. The van der Waals surface area contributed by atoms with Crippen molar-refractivity contribution in [3.63, 3.8) is 0 Å². The quantitative estimate of drug-likeness (QED) is 0.524. The minimum absolute atomic E-state index is 0.127. The van der Waals surface area contributed by atoms with Crippen LogP contribution < -0.4 is 4.90 Å². The molecule has 180 valence electrons. The first-order chi connectivity index (χ1) is 16.1. The lowest BCUT2D eigenvalue weighted by Gasteiger charge is -2.38. The first-order valence-corrected chi connectivity index (χ1v) is 13.2. The summed E-state index contributed by atoms with van der Waals surface area (Å²) in [6.45, 7) is 7.52. The number of ether oxygens (including phenoxy) is 1. The van der Waals surface area contributed by atoms with Gasteiger partial charge in [-0.3, -0.25) is 4.79 Å². The molecule has 0 unspecified atom stereocenters. The second-order valence-electron chi connectivity index (χ2n) is 9.48. The van der Waals surface area contributed by atoms with Gasteiger partial charge in [0.25, 0.3) is 5.91 Å². The van der Waals surface area contributed by atoms with Gasteiger partial charge in [0.15, 0.2) is 0 Å². The maximum atomic E-state index is 14.0. The summed E-state index contributed by atoms with van der Waals surface area (Å²) in [4.78, 5) is 27.1. The standard InChI is InChI=1S/C26H38N4O2S/c1-20-18-24(33-19-20)23-9-8-22(25(27-23)29-12-5-4-6-13-29)26(31)30(14-7-17-32-3)21-10-15-28(2)16-11-21/h8-9,18-19,21H,4-7,10-17H2,1-3H3. The molecule has 1 amide bonds. The van der Waals surface area contributed by atoms with Crippen molar-refractivity contribution in [2.24, 2.45) is 0 Å². The fourth-order valence-electron chi connectivity index (χ4n) is 4.96. The predicted octanol–water partition coefficient (Wildman–Crippen LogP) is 4.68. The van der Waals surface area contributed by atoms with E-state index < -0.39 is 0 Å². The summed E-state index contributed by atoms with van der Waals surface area (Å²) in [6.07, 6.45) is 6.47. The highest BCUT2D eigenvalue weighted by Crippen LogP contribution is 2.31. The molecule has 0 aromatic carbocycles. The second kappa shape index (κ2) is 11.4. The molecule has 7 heteroatoms. The van der Waals surface area contributed by atoms with Crippen LogP contribution in [0.5, 0.6) is 0 Å². The third-order valence-corrected chi connectivity index (χ3v) is 7.95. The Hall–Kier alpha value is -1.96. The summed E-state index contributed by atoms with van der Waals surface area (Å²) in [5.41, 5.74) is 2.98. The van der Waals surface area contributed by atoms with Crippen molar-refractivity contribution in [2.75, 3.05) is 58.4 Å². The number of nitrogens with zero attached hydrogens (tertiary/aromatic N) is 4. The Bertz CT molecular complexity index is 917. The van der Waals surface area contributed by atoms with Gasteiger partial charge in [0.1, 0.15) is 5.82 Å². The minimum Gasteiger partial charge on any atom is -0.385 e. The van der Waals surface area contributed by atoms with E-state index in [9.17, 15) is 4.79 Å². The van der Waals surface area contributed by atoms with E-state index >= 15 is 0 Å². The molecule has 0 radical (unpaired) electrons. The maximum absolute atomic E-state index is 14.0. The van der Waals surface area contributed by atoms with Crippen LogP contribution in [0.3, 0.4) is 0 Å². The Balaban J connectivity index is 1.66. The largest absolute Gasteiger partial charge is 0.385 e. The Morgan fingerprint density at radius 2 is 1.94 bits per heavy atom. The third kappa shape index (κ3) is 5.94. The van der Waals surface area contributed by atoms with Gasteiger partial charge in [-0.25, -0.2) is 4.98 Å². The van der Waals surface area contributed by atoms with Gasteiger partial charge in [-0.15, -0.1) is 11.3 Å². The highest BCUT2D eigenvalue weighted by Gasteiger charge is 2.30. The smallest absolute Gasteiger partial charge is 0.257 e. The number of hydrogen-bond donors (Lipinski definition) is 0. The van der Waals surface area contributed by atoms with E-state index in [-0.39, 0.29) is 11.9 Å². The van der Waals surface area contributed by atoms with E-state index in [4.69, 9.17) is 9.72 Å².